The summed E-state index contributed by atoms with van der Waals surface area (Å²) in [7, 11) is 0. The number of anilines is 1. The van der Waals surface area contributed by atoms with Gasteiger partial charge in [-0.25, -0.2) is 0 Å². The standard InChI is InChI=1S/C18H21N3O/c1-14(22)18(21-12-5-2-6-13-21)20-19-17-11-7-9-15-8-3-4-10-16(15)17/h3-4,7-11,19H,2,5-6,12-13H2,1H3. The van der Waals surface area contributed by atoms with Gasteiger partial charge in [0.1, 0.15) is 0 Å². The van der Waals surface area contributed by atoms with Crippen LogP contribution in [0.2, 0.25) is 0 Å². The highest BCUT2D eigenvalue weighted by molar-refractivity contribution is 6.38. The van der Waals surface area contributed by atoms with Crippen LogP contribution in [0.15, 0.2) is 47.6 Å². The Labute approximate surface area is 130 Å². The number of hydrogen-bond donors (Lipinski definition) is 1. The number of nitrogens with one attached hydrogen (secondary N) is 1. The molecular formula is C18H21N3O. The molecule has 3 rings (SSSR count). The second-order valence-corrected chi connectivity index (χ2v) is 5.68. The molecule has 1 aliphatic rings. The van der Waals surface area contributed by atoms with Gasteiger partial charge in [-0.15, -0.1) is 0 Å². The lowest BCUT2D eigenvalue weighted by Gasteiger charge is -2.28. The first-order valence-electron chi connectivity index (χ1n) is 7.83. The maximum Gasteiger partial charge on any atom is 0.196 e. The van der Waals surface area contributed by atoms with Crippen LogP contribution in [0.25, 0.3) is 10.8 Å². The summed E-state index contributed by atoms with van der Waals surface area (Å²) in [5.41, 5.74) is 4.02. The number of ketones is 1. The molecule has 0 spiro atoms. The van der Waals surface area contributed by atoms with Crippen LogP contribution < -0.4 is 5.43 Å². The number of hydrogen-bond acceptors (Lipinski definition) is 3. The van der Waals surface area contributed by atoms with Gasteiger partial charge in [0.05, 0.1) is 5.69 Å². The Kier molecular flexibility index (Phi) is 4.37. The van der Waals surface area contributed by atoms with Crippen LogP contribution in [-0.2, 0) is 4.79 Å². The number of rotatable bonds is 3. The third kappa shape index (κ3) is 3.11. The van der Waals surface area contributed by atoms with E-state index in [2.05, 4.69) is 33.6 Å². The Morgan fingerprint density at radius 2 is 1.77 bits per heavy atom. The summed E-state index contributed by atoms with van der Waals surface area (Å²) in [6.07, 6.45) is 3.49. The first-order valence-corrected chi connectivity index (χ1v) is 7.83. The Hall–Kier alpha value is -2.36. The van der Waals surface area contributed by atoms with Gasteiger partial charge in [-0.2, -0.15) is 5.10 Å². The van der Waals surface area contributed by atoms with Crippen LogP contribution in [0.1, 0.15) is 26.2 Å². The fourth-order valence-electron chi connectivity index (χ4n) is 2.91. The van der Waals surface area contributed by atoms with Gasteiger partial charge in [0.25, 0.3) is 0 Å². The van der Waals surface area contributed by atoms with Gasteiger partial charge in [-0.1, -0.05) is 36.4 Å². The molecule has 4 heteroatoms. The highest BCUT2D eigenvalue weighted by Crippen LogP contribution is 2.23. The third-order valence-corrected chi connectivity index (χ3v) is 4.04. The molecule has 114 valence electrons. The van der Waals surface area contributed by atoms with Crippen molar-refractivity contribution in [2.24, 2.45) is 5.10 Å². The summed E-state index contributed by atoms with van der Waals surface area (Å²) in [6, 6.07) is 14.2. The molecule has 1 saturated heterocycles. The molecule has 4 nitrogen and oxygen atoms in total. The number of carbonyl (C=O) groups excluding carboxylic acids is 1. The average Bonchev–Trinajstić information content (AvgIpc) is 2.56. The zero-order chi connectivity index (χ0) is 15.4. The quantitative estimate of drug-likeness (QED) is 0.534. The van der Waals surface area contributed by atoms with E-state index in [0.717, 1.165) is 42.4 Å². The molecule has 2 aromatic carbocycles. The van der Waals surface area contributed by atoms with E-state index in [1.54, 1.807) is 6.92 Å². The maximum atomic E-state index is 11.9. The Morgan fingerprint density at radius 1 is 1.05 bits per heavy atom. The second-order valence-electron chi connectivity index (χ2n) is 5.68. The molecule has 0 saturated carbocycles. The zero-order valence-electron chi connectivity index (χ0n) is 12.9. The average molecular weight is 295 g/mol. The van der Waals surface area contributed by atoms with Crippen molar-refractivity contribution in [3.8, 4) is 0 Å². The minimum atomic E-state index is 0.00892. The molecule has 1 heterocycles. The van der Waals surface area contributed by atoms with Gasteiger partial charge in [-0.3, -0.25) is 10.2 Å². The van der Waals surface area contributed by atoms with E-state index in [1.807, 2.05) is 24.3 Å². The fourth-order valence-corrected chi connectivity index (χ4v) is 2.91. The van der Waals surface area contributed by atoms with E-state index in [9.17, 15) is 4.79 Å². The molecule has 1 aliphatic heterocycles. The summed E-state index contributed by atoms with van der Waals surface area (Å²) in [5.74, 6) is 0.544. The van der Waals surface area contributed by atoms with E-state index in [4.69, 9.17) is 0 Å². The lowest BCUT2D eigenvalue weighted by Crippen LogP contribution is -2.39. The SMILES string of the molecule is CC(=O)C(=NNc1cccc2ccccc12)N1CCCCC1. The first kappa shape index (κ1) is 14.6. The number of benzene rings is 2. The monoisotopic (exact) mass is 295 g/mol. The van der Waals surface area contributed by atoms with Crippen molar-refractivity contribution in [3.05, 3.63) is 42.5 Å². The normalized spacial score (nSPS) is 15.9. The molecule has 0 amide bonds. The smallest absolute Gasteiger partial charge is 0.196 e. The third-order valence-electron chi connectivity index (χ3n) is 4.04. The minimum absolute atomic E-state index is 0.00892. The predicted molar refractivity (Wildman–Crippen MR) is 91.1 cm³/mol. The summed E-state index contributed by atoms with van der Waals surface area (Å²) in [5, 5.41) is 6.67. The van der Waals surface area contributed by atoms with E-state index in [1.165, 1.54) is 6.42 Å². The Morgan fingerprint density at radius 3 is 2.55 bits per heavy atom. The van der Waals surface area contributed by atoms with E-state index in [0.29, 0.717) is 5.84 Å². The van der Waals surface area contributed by atoms with Crippen LogP contribution >= 0.6 is 0 Å². The van der Waals surface area contributed by atoms with Gasteiger partial charge in [-0.05, 0) is 30.7 Å². The molecule has 2 aromatic rings. The van der Waals surface area contributed by atoms with Crippen molar-refractivity contribution >= 4 is 28.1 Å². The van der Waals surface area contributed by atoms with Gasteiger partial charge >= 0.3 is 0 Å². The maximum absolute atomic E-state index is 11.9. The summed E-state index contributed by atoms with van der Waals surface area (Å²) < 4.78 is 0. The van der Waals surface area contributed by atoms with Gasteiger partial charge in [0.15, 0.2) is 11.6 Å². The number of nitrogens with zero attached hydrogens (tertiary/aromatic N) is 2. The van der Waals surface area contributed by atoms with Gasteiger partial charge in [0, 0.05) is 25.4 Å². The highest BCUT2D eigenvalue weighted by atomic mass is 16.1. The molecule has 1 fully saturated rings. The summed E-state index contributed by atoms with van der Waals surface area (Å²) >= 11 is 0. The number of Topliss-reactive ketones (excluding diaryl/α,β-unsaturated/α-hetero) is 1. The molecule has 22 heavy (non-hydrogen) atoms. The van der Waals surface area contributed by atoms with Crippen LogP contribution in [0.3, 0.4) is 0 Å². The van der Waals surface area contributed by atoms with Crippen molar-refractivity contribution in [2.45, 2.75) is 26.2 Å². The highest BCUT2D eigenvalue weighted by Gasteiger charge is 2.18. The zero-order valence-corrected chi connectivity index (χ0v) is 12.9. The predicted octanol–water partition coefficient (Wildman–Crippen LogP) is 3.64. The first-order chi connectivity index (χ1) is 10.8. The van der Waals surface area contributed by atoms with Crippen molar-refractivity contribution in [1.82, 2.24) is 4.90 Å². The lowest BCUT2D eigenvalue weighted by atomic mass is 10.1. The van der Waals surface area contributed by atoms with Crippen LogP contribution in [0.5, 0.6) is 0 Å². The molecule has 0 bridgehead atoms. The lowest BCUT2D eigenvalue weighted by molar-refractivity contribution is -0.111. The number of piperidine rings is 1. The van der Waals surface area contributed by atoms with Crippen molar-refractivity contribution in [2.75, 3.05) is 18.5 Å². The van der Waals surface area contributed by atoms with Crippen LogP contribution in [-0.4, -0.2) is 29.6 Å². The summed E-state index contributed by atoms with van der Waals surface area (Å²) in [6.45, 7) is 3.41. The van der Waals surface area contributed by atoms with Gasteiger partial charge < -0.3 is 4.90 Å². The molecule has 0 aliphatic carbocycles. The van der Waals surface area contributed by atoms with E-state index < -0.39 is 0 Å². The van der Waals surface area contributed by atoms with Crippen LogP contribution in [0, 0.1) is 0 Å². The second kappa shape index (κ2) is 6.60. The molecule has 0 radical (unpaired) electrons. The minimum Gasteiger partial charge on any atom is -0.352 e. The van der Waals surface area contributed by atoms with Crippen LogP contribution in [0.4, 0.5) is 5.69 Å². The molecule has 1 N–H and O–H groups in total. The fraction of sp³-hybridized carbons (Fsp3) is 0.333. The van der Waals surface area contributed by atoms with Crippen molar-refractivity contribution in [3.63, 3.8) is 0 Å². The number of hydrazone groups is 1. The number of carbonyl (C=O) groups is 1. The molecular weight excluding hydrogens is 274 g/mol. The van der Waals surface area contributed by atoms with Gasteiger partial charge in [0.2, 0.25) is 0 Å². The summed E-state index contributed by atoms with van der Waals surface area (Å²) in [4.78, 5) is 14.0. The van der Waals surface area contributed by atoms with Crippen molar-refractivity contribution < 1.29 is 4.79 Å². The number of amidine groups is 1. The Balaban J connectivity index is 1.87. The van der Waals surface area contributed by atoms with E-state index >= 15 is 0 Å². The molecule has 0 atom stereocenters. The largest absolute Gasteiger partial charge is 0.352 e. The number of fused-ring (bicyclic) bond motifs is 1. The topological polar surface area (TPSA) is 44.7 Å². The molecule has 0 unspecified atom stereocenters. The van der Waals surface area contributed by atoms with Crippen molar-refractivity contribution in [1.29, 1.82) is 0 Å². The molecule has 0 aromatic heterocycles. The van der Waals surface area contributed by atoms with E-state index in [-0.39, 0.29) is 5.78 Å². The Bertz CT molecular complexity index is 697. The number of likely N-dealkylation sites (tertiary alicyclic amines) is 1.